The maximum atomic E-state index is 11.9. The Labute approximate surface area is 141 Å². The standard InChI is InChI=1S/C15H17N3O3S2/c1-9-4-5-12(23-9)11-8-22-15(17-11)18-14(20)13(19)16-7-10-3-2-6-21-10/h4-5,8,10H,2-3,6-7H2,1H3,(H,16,19)(H,17,18,20)/t10-/m1/s1. The average molecular weight is 351 g/mol. The van der Waals surface area contributed by atoms with E-state index in [4.69, 9.17) is 4.74 Å². The summed E-state index contributed by atoms with van der Waals surface area (Å²) in [6.07, 6.45) is 1.93. The quantitative estimate of drug-likeness (QED) is 0.829. The minimum atomic E-state index is -0.703. The number of aryl methyl sites for hydroxylation is 1. The second-order valence-electron chi connectivity index (χ2n) is 5.25. The number of ether oxygens (including phenoxy) is 1. The number of aromatic nitrogens is 1. The van der Waals surface area contributed by atoms with E-state index >= 15 is 0 Å². The Morgan fingerprint density at radius 3 is 2.96 bits per heavy atom. The van der Waals surface area contributed by atoms with E-state index < -0.39 is 11.8 Å². The molecule has 23 heavy (non-hydrogen) atoms. The van der Waals surface area contributed by atoms with Crippen LogP contribution in [0.2, 0.25) is 0 Å². The van der Waals surface area contributed by atoms with E-state index in [-0.39, 0.29) is 6.10 Å². The molecule has 8 heteroatoms. The number of anilines is 1. The van der Waals surface area contributed by atoms with Gasteiger partial charge >= 0.3 is 11.8 Å². The molecule has 1 aliphatic heterocycles. The van der Waals surface area contributed by atoms with Gasteiger partial charge in [-0.3, -0.25) is 14.9 Å². The molecule has 2 aromatic rings. The molecular formula is C15H17N3O3S2. The number of carbonyl (C=O) groups is 2. The van der Waals surface area contributed by atoms with E-state index in [9.17, 15) is 9.59 Å². The molecule has 0 aliphatic carbocycles. The van der Waals surface area contributed by atoms with Crippen molar-refractivity contribution < 1.29 is 14.3 Å². The van der Waals surface area contributed by atoms with Gasteiger partial charge < -0.3 is 10.1 Å². The lowest BCUT2D eigenvalue weighted by Gasteiger charge is -2.09. The van der Waals surface area contributed by atoms with Gasteiger partial charge in [0.05, 0.1) is 16.7 Å². The third-order valence-electron chi connectivity index (χ3n) is 3.44. The van der Waals surface area contributed by atoms with Crippen LogP contribution in [0.3, 0.4) is 0 Å². The van der Waals surface area contributed by atoms with Gasteiger partial charge in [0.25, 0.3) is 0 Å². The number of amides is 2. The summed E-state index contributed by atoms with van der Waals surface area (Å²) < 4.78 is 5.40. The molecule has 0 saturated carbocycles. The maximum absolute atomic E-state index is 11.9. The summed E-state index contributed by atoms with van der Waals surface area (Å²) in [6.45, 7) is 3.11. The van der Waals surface area contributed by atoms with Gasteiger partial charge in [0, 0.05) is 23.4 Å². The molecule has 3 rings (SSSR count). The lowest BCUT2D eigenvalue weighted by Crippen LogP contribution is -2.39. The molecular weight excluding hydrogens is 334 g/mol. The number of nitrogens with one attached hydrogen (secondary N) is 2. The fraction of sp³-hybridized carbons (Fsp3) is 0.400. The highest BCUT2D eigenvalue weighted by molar-refractivity contribution is 7.17. The summed E-state index contributed by atoms with van der Waals surface area (Å²) in [4.78, 5) is 30.2. The highest BCUT2D eigenvalue weighted by Crippen LogP contribution is 2.30. The number of hydrogen-bond acceptors (Lipinski definition) is 6. The summed E-state index contributed by atoms with van der Waals surface area (Å²) in [5.74, 6) is -1.37. The molecule has 2 N–H and O–H groups in total. The first-order valence-corrected chi connectivity index (χ1v) is 9.04. The molecule has 1 aliphatic rings. The van der Waals surface area contributed by atoms with E-state index in [2.05, 4.69) is 15.6 Å². The topological polar surface area (TPSA) is 80.3 Å². The van der Waals surface area contributed by atoms with E-state index in [1.807, 2.05) is 24.4 Å². The number of nitrogens with zero attached hydrogens (tertiary/aromatic N) is 1. The fourth-order valence-corrected chi connectivity index (χ4v) is 3.87. The van der Waals surface area contributed by atoms with E-state index in [0.717, 1.165) is 30.0 Å². The number of hydrogen-bond donors (Lipinski definition) is 2. The van der Waals surface area contributed by atoms with Crippen LogP contribution in [0.1, 0.15) is 17.7 Å². The molecule has 2 aromatic heterocycles. The van der Waals surface area contributed by atoms with Crippen molar-refractivity contribution in [2.45, 2.75) is 25.9 Å². The first-order valence-electron chi connectivity index (χ1n) is 7.35. The van der Waals surface area contributed by atoms with Crippen LogP contribution >= 0.6 is 22.7 Å². The zero-order valence-electron chi connectivity index (χ0n) is 12.6. The number of carbonyl (C=O) groups excluding carboxylic acids is 2. The molecule has 0 bridgehead atoms. The van der Waals surface area contributed by atoms with Crippen molar-refractivity contribution in [1.29, 1.82) is 0 Å². The van der Waals surface area contributed by atoms with Gasteiger partial charge in [-0.25, -0.2) is 4.98 Å². The second kappa shape index (κ2) is 7.20. The summed E-state index contributed by atoms with van der Waals surface area (Å²) in [5, 5.41) is 7.41. The highest BCUT2D eigenvalue weighted by atomic mass is 32.1. The molecule has 0 spiro atoms. The predicted octanol–water partition coefficient (Wildman–Crippen LogP) is 2.41. The van der Waals surface area contributed by atoms with Crippen molar-refractivity contribution in [2.24, 2.45) is 0 Å². The van der Waals surface area contributed by atoms with Gasteiger partial charge in [-0.15, -0.1) is 22.7 Å². The summed E-state index contributed by atoms with van der Waals surface area (Å²) in [6, 6.07) is 4.02. The highest BCUT2D eigenvalue weighted by Gasteiger charge is 2.20. The Bertz CT molecular complexity index is 704. The van der Waals surface area contributed by atoms with Crippen LogP contribution in [0.4, 0.5) is 5.13 Å². The Hall–Kier alpha value is -1.77. The largest absolute Gasteiger partial charge is 0.376 e. The normalized spacial score (nSPS) is 17.2. The number of thiophene rings is 1. The molecule has 2 amide bonds. The molecule has 0 aromatic carbocycles. The van der Waals surface area contributed by atoms with Crippen molar-refractivity contribution in [3.63, 3.8) is 0 Å². The van der Waals surface area contributed by atoms with Gasteiger partial charge in [-0.05, 0) is 31.9 Å². The molecule has 1 saturated heterocycles. The molecule has 6 nitrogen and oxygen atoms in total. The van der Waals surface area contributed by atoms with Crippen LogP contribution in [-0.4, -0.2) is 36.1 Å². The van der Waals surface area contributed by atoms with Crippen molar-refractivity contribution in [3.05, 3.63) is 22.4 Å². The zero-order chi connectivity index (χ0) is 16.2. The molecule has 0 unspecified atom stereocenters. The van der Waals surface area contributed by atoms with E-state index in [1.54, 1.807) is 11.3 Å². The molecule has 0 radical (unpaired) electrons. The maximum Gasteiger partial charge on any atom is 0.315 e. The van der Waals surface area contributed by atoms with Crippen LogP contribution in [0, 0.1) is 6.92 Å². The summed E-state index contributed by atoms with van der Waals surface area (Å²) in [7, 11) is 0. The molecule has 1 atom stereocenters. The second-order valence-corrected chi connectivity index (χ2v) is 7.39. The Morgan fingerprint density at radius 2 is 2.26 bits per heavy atom. The number of rotatable bonds is 4. The summed E-state index contributed by atoms with van der Waals surface area (Å²) in [5.41, 5.74) is 0.808. The van der Waals surface area contributed by atoms with Crippen LogP contribution in [0.5, 0.6) is 0 Å². The summed E-state index contributed by atoms with van der Waals surface area (Å²) >= 11 is 2.94. The third kappa shape index (κ3) is 4.15. The Kier molecular flexibility index (Phi) is 5.04. The first-order chi connectivity index (χ1) is 11.1. The Morgan fingerprint density at radius 1 is 1.39 bits per heavy atom. The lowest BCUT2D eigenvalue weighted by molar-refractivity contribution is -0.136. The van der Waals surface area contributed by atoms with Gasteiger partial charge in [0.2, 0.25) is 0 Å². The van der Waals surface area contributed by atoms with Gasteiger partial charge in [0.1, 0.15) is 0 Å². The van der Waals surface area contributed by atoms with E-state index in [1.165, 1.54) is 16.2 Å². The molecule has 122 valence electrons. The van der Waals surface area contributed by atoms with Crippen molar-refractivity contribution >= 4 is 39.6 Å². The molecule has 1 fully saturated rings. The van der Waals surface area contributed by atoms with Crippen molar-refractivity contribution in [3.8, 4) is 10.6 Å². The minimum absolute atomic E-state index is 0.0142. The van der Waals surface area contributed by atoms with Crippen LogP contribution < -0.4 is 10.6 Å². The first kappa shape index (κ1) is 16.1. The van der Waals surface area contributed by atoms with Gasteiger partial charge in [0.15, 0.2) is 5.13 Å². The predicted molar refractivity (Wildman–Crippen MR) is 90.8 cm³/mol. The number of thiazole rings is 1. The monoisotopic (exact) mass is 351 g/mol. The van der Waals surface area contributed by atoms with Gasteiger partial charge in [-0.2, -0.15) is 0 Å². The van der Waals surface area contributed by atoms with Crippen LogP contribution in [0.15, 0.2) is 17.5 Å². The van der Waals surface area contributed by atoms with Gasteiger partial charge in [-0.1, -0.05) is 0 Å². The fourth-order valence-electron chi connectivity index (χ4n) is 2.26. The Balaban J connectivity index is 1.53. The van der Waals surface area contributed by atoms with E-state index in [0.29, 0.717) is 11.7 Å². The van der Waals surface area contributed by atoms with Crippen molar-refractivity contribution in [1.82, 2.24) is 10.3 Å². The van der Waals surface area contributed by atoms with Crippen LogP contribution in [0.25, 0.3) is 10.6 Å². The van der Waals surface area contributed by atoms with Crippen molar-refractivity contribution in [2.75, 3.05) is 18.5 Å². The lowest BCUT2D eigenvalue weighted by atomic mass is 10.2. The minimum Gasteiger partial charge on any atom is -0.376 e. The SMILES string of the molecule is Cc1ccc(-c2csc(NC(=O)C(=O)NC[C@H]3CCCO3)n2)s1. The molecule has 3 heterocycles. The average Bonchev–Trinajstić information content (AvgIpc) is 3.25. The van der Waals surface area contributed by atoms with Crippen LogP contribution in [-0.2, 0) is 14.3 Å². The third-order valence-corrected chi connectivity index (χ3v) is 5.22. The smallest absolute Gasteiger partial charge is 0.315 e. The zero-order valence-corrected chi connectivity index (χ0v) is 14.3.